The first kappa shape index (κ1) is 14.9. The summed E-state index contributed by atoms with van der Waals surface area (Å²) in [4.78, 5) is 0. The van der Waals surface area contributed by atoms with Gasteiger partial charge in [-0.2, -0.15) is 0 Å². The largest absolute Gasteiger partial charge is 0.490 e. The first-order valence-electron chi connectivity index (χ1n) is 7.44. The van der Waals surface area contributed by atoms with E-state index in [1.165, 1.54) is 31.2 Å². The van der Waals surface area contributed by atoms with Gasteiger partial charge in [0.15, 0.2) is 0 Å². The van der Waals surface area contributed by atoms with Gasteiger partial charge in [-0.1, -0.05) is 48.7 Å². The van der Waals surface area contributed by atoms with Crippen molar-refractivity contribution in [1.29, 1.82) is 0 Å². The van der Waals surface area contributed by atoms with Crippen molar-refractivity contribution < 1.29 is 4.74 Å². The number of benzene rings is 1. The molecule has 106 valence electrons. The Morgan fingerprint density at radius 2 is 2.16 bits per heavy atom. The van der Waals surface area contributed by atoms with Crippen molar-refractivity contribution in [3.05, 3.63) is 28.2 Å². The summed E-state index contributed by atoms with van der Waals surface area (Å²) in [5.74, 6) is 1.05. The van der Waals surface area contributed by atoms with E-state index in [2.05, 4.69) is 53.3 Å². The average molecular weight is 326 g/mol. The van der Waals surface area contributed by atoms with Crippen molar-refractivity contribution in [2.45, 2.75) is 58.1 Å². The fraction of sp³-hybridized carbons (Fsp3) is 0.625. The van der Waals surface area contributed by atoms with Crippen LogP contribution in [0.1, 0.15) is 57.6 Å². The highest BCUT2D eigenvalue weighted by molar-refractivity contribution is 9.10. The predicted octanol–water partition coefficient (Wildman–Crippen LogP) is 4.83. The SMILES string of the molecule is CCCCCC1CC(NCC)c2ccc(Br)cc2O1. The summed E-state index contributed by atoms with van der Waals surface area (Å²) in [5, 5.41) is 3.59. The summed E-state index contributed by atoms with van der Waals surface area (Å²) in [6, 6.07) is 6.82. The Balaban J connectivity index is 2.09. The smallest absolute Gasteiger partial charge is 0.125 e. The van der Waals surface area contributed by atoms with Gasteiger partial charge in [0, 0.05) is 22.5 Å². The summed E-state index contributed by atoms with van der Waals surface area (Å²) in [7, 11) is 0. The van der Waals surface area contributed by atoms with Crippen LogP contribution >= 0.6 is 15.9 Å². The van der Waals surface area contributed by atoms with Crippen LogP contribution in [0, 0.1) is 0 Å². The summed E-state index contributed by atoms with van der Waals surface area (Å²) in [6.07, 6.45) is 6.46. The monoisotopic (exact) mass is 325 g/mol. The van der Waals surface area contributed by atoms with Crippen LogP contribution in [0.5, 0.6) is 5.75 Å². The molecule has 0 amide bonds. The van der Waals surface area contributed by atoms with Crippen molar-refractivity contribution in [3.8, 4) is 5.75 Å². The van der Waals surface area contributed by atoms with Gasteiger partial charge < -0.3 is 10.1 Å². The van der Waals surface area contributed by atoms with E-state index in [9.17, 15) is 0 Å². The molecule has 0 spiro atoms. The van der Waals surface area contributed by atoms with Crippen LogP contribution in [0.3, 0.4) is 0 Å². The molecule has 0 radical (unpaired) electrons. The lowest BCUT2D eigenvalue weighted by Gasteiger charge is -2.33. The Kier molecular flexibility index (Phi) is 5.71. The molecule has 2 rings (SSSR count). The minimum atomic E-state index is 0.359. The first-order chi connectivity index (χ1) is 9.24. The van der Waals surface area contributed by atoms with E-state index in [4.69, 9.17) is 4.74 Å². The number of nitrogens with one attached hydrogen (secondary N) is 1. The van der Waals surface area contributed by atoms with Crippen molar-refractivity contribution >= 4 is 15.9 Å². The molecular formula is C16H24BrNO. The zero-order valence-corrected chi connectivity index (χ0v) is 13.5. The molecule has 1 aromatic carbocycles. The van der Waals surface area contributed by atoms with Crippen LogP contribution < -0.4 is 10.1 Å². The number of unbranched alkanes of at least 4 members (excludes halogenated alkanes) is 2. The van der Waals surface area contributed by atoms with E-state index in [0.29, 0.717) is 12.1 Å². The van der Waals surface area contributed by atoms with Crippen LogP contribution in [0.25, 0.3) is 0 Å². The number of rotatable bonds is 6. The average Bonchev–Trinajstić information content (AvgIpc) is 2.39. The van der Waals surface area contributed by atoms with Gasteiger partial charge in [0.05, 0.1) is 0 Å². The standard InChI is InChI=1S/C16H24BrNO/c1-3-5-6-7-13-11-15(18-4-2)14-9-8-12(17)10-16(14)19-13/h8-10,13,15,18H,3-7,11H2,1-2H3. The van der Waals surface area contributed by atoms with E-state index in [-0.39, 0.29) is 0 Å². The van der Waals surface area contributed by atoms with E-state index in [0.717, 1.165) is 23.2 Å². The third-order valence-electron chi connectivity index (χ3n) is 3.72. The third kappa shape index (κ3) is 3.96. The quantitative estimate of drug-likeness (QED) is 0.756. The summed E-state index contributed by atoms with van der Waals surface area (Å²) >= 11 is 3.53. The maximum Gasteiger partial charge on any atom is 0.125 e. The minimum absolute atomic E-state index is 0.359. The molecule has 0 fully saturated rings. The third-order valence-corrected chi connectivity index (χ3v) is 4.22. The number of hydrogen-bond donors (Lipinski definition) is 1. The molecule has 1 aromatic rings. The Morgan fingerprint density at radius 3 is 2.89 bits per heavy atom. The second-order valence-corrected chi connectivity index (χ2v) is 6.18. The number of fused-ring (bicyclic) bond motifs is 1. The topological polar surface area (TPSA) is 21.3 Å². The molecule has 19 heavy (non-hydrogen) atoms. The van der Waals surface area contributed by atoms with Gasteiger partial charge in [-0.15, -0.1) is 0 Å². The van der Waals surface area contributed by atoms with Gasteiger partial charge in [-0.3, -0.25) is 0 Å². The lowest BCUT2D eigenvalue weighted by Crippen LogP contribution is -2.33. The highest BCUT2D eigenvalue weighted by atomic mass is 79.9. The summed E-state index contributed by atoms with van der Waals surface area (Å²) in [5.41, 5.74) is 1.30. The van der Waals surface area contributed by atoms with Gasteiger partial charge in [-0.25, -0.2) is 0 Å². The highest BCUT2D eigenvalue weighted by Crippen LogP contribution is 2.37. The fourth-order valence-corrected chi connectivity index (χ4v) is 3.09. The van der Waals surface area contributed by atoms with Crippen molar-refractivity contribution in [3.63, 3.8) is 0 Å². The molecule has 1 aliphatic rings. The molecule has 1 aliphatic heterocycles. The molecule has 0 saturated heterocycles. The maximum absolute atomic E-state index is 6.17. The van der Waals surface area contributed by atoms with Gasteiger partial charge >= 0.3 is 0 Å². The molecule has 3 heteroatoms. The Morgan fingerprint density at radius 1 is 1.32 bits per heavy atom. The van der Waals surface area contributed by atoms with Gasteiger partial charge in [-0.05, 0) is 31.5 Å². The van der Waals surface area contributed by atoms with E-state index < -0.39 is 0 Å². The fourth-order valence-electron chi connectivity index (χ4n) is 2.75. The lowest BCUT2D eigenvalue weighted by molar-refractivity contribution is 0.138. The minimum Gasteiger partial charge on any atom is -0.490 e. The van der Waals surface area contributed by atoms with Crippen LogP contribution in [-0.4, -0.2) is 12.6 Å². The number of hydrogen-bond acceptors (Lipinski definition) is 2. The zero-order chi connectivity index (χ0) is 13.7. The Labute approximate surface area is 125 Å². The lowest BCUT2D eigenvalue weighted by atomic mass is 9.94. The van der Waals surface area contributed by atoms with E-state index in [1.807, 2.05) is 0 Å². The summed E-state index contributed by atoms with van der Waals surface area (Å²) in [6.45, 7) is 5.41. The van der Waals surface area contributed by atoms with Crippen LogP contribution in [0.15, 0.2) is 22.7 Å². The molecular weight excluding hydrogens is 302 g/mol. The Bertz CT molecular complexity index is 408. The van der Waals surface area contributed by atoms with Crippen molar-refractivity contribution in [2.24, 2.45) is 0 Å². The van der Waals surface area contributed by atoms with Crippen LogP contribution in [-0.2, 0) is 0 Å². The first-order valence-corrected chi connectivity index (χ1v) is 8.23. The molecule has 0 aromatic heterocycles. The van der Waals surface area contributed by atoms with Gasteiger partial charge in [0.2, 0.25) is 0 Å². The normalized spacial score (nSPS) is 21.8. The zero-order valence-electron chi connectivity index (χ0n) is 11.9. The summed E-state index contributed by atoms with van der Waals surface area (Å²) < 4.78 is 7.26. The molecule has 0 aliphatic carbocycles. The predicted molar refractivity (Wildman–Crippen MR) is 83.7 cm³/mol. The van der Waals surface area contributed by atoms with Gasteiger partial charge in [0.25, 0.3) is 0 Å². The molecule has 1 heterocycles. The molecule has 2 unspecified atom stereocenters. The second-order valence-electron chi connectivity index (χ2n) is 5.26. The van der Waals surface area contributed by atoms with Gasteiger partial charge in [0.1, 0.15) is 11.9 Å². The second kappa shape index (κ2) is 7.30. The van der Waals surface area contributed by atoms with Crippen LogP contribution in [0.4, 0.5) is 0 Å². The maximum atomic E-state index is 6.17. The molecule has 2 nitrogen and oxygen atoms in total. The van der Waals surface area contributed by atoms with E-state index >= 15 is 0 Å². The molecule has 1 N–H and O–H groups in total. The molecule has 2 atom stereocenters. The highest BCUT2D eigenvalue weighted by Gasteiger charge is 2.27. The van der Waals surface area contributed by atoms with Crippen LogP contribution in [0.2, 0.25) is 0 Å². The van der Waals surface area contributed by atoms with Crippen molar-refractivity contribution in [2.75, 3.05) is 6.54 Å². The number of halogens is 1. The van der Waals surface area contributed by atoms with E-state index in [1.54, 1.807) is 0 Å². The van der Waals surface area contributed by atoms with Crippen molar-refractivity contribution in [1.82, 2.24) is 5.32 Å². The Hall–Kier alpha value is -0.540. The molecule has 0 bridgehead atoms. The number of ether oxygens (including phenoxy) is 1. The molecule has 0 saturated carbocycles.